The number of alkyl halides is 3. The molecule has 3 saturated carbocycles. The highest BCUT2D eigenvalue weighted by atomic mass is 19.4. The molecule has 0 aliphatic heterocycles. The Balaban J connectivity index is 2.08. The summed E-state index contributed by atoms with van der Waals surface area (Å²) < 4.78 is 38.9. The first-order valence-electron chi connectivity index (χ1n) is 7.84. The molecule has 122 valence electrons. The van der Waals surface area contributed by atoms with Crippen LogP contribution in [-0.2, 0) is 4.79 Å². The molecule has 0 radical (unpaired) electrons. The second-order valence-corrected chi connectivity index (χ2v) is 7.87. The van der Waals surface area contributed by atoms with Gasteiger partial charge in [-0.1, -0.05) is 13.8 Å². The van der Waals surface area contributed by atoms with Crippen LogP contribution in [0.1, 0.15) is 66.2 Å². The highest BCUT2D eigenvalue weighted by molar-refractivity contribution is 5.83. The van der Waals surface area contributed by atoms with E-state index in [1.165, 1.54) is 0 Å². The number of hydrogen-bond donors (Lipinski definition) is 1. The molecule has 0 spiro atoms. The van der Waals surface area contributed by atoms with Crippen LogP contribution in [0.4, 0.5) is 13.2 Å². The standard InChI is InChI=1S/C16H26F3NO/c1-11(2)14-5-8-15(9-6-14,10-7-14)20-12(21)13(3,4)16(17,18)19/h11H,5-10H2,1-4H3,(H,20,21). The van der Waals surface area contributed by atoms with Gasteiger partial charge in [0.05, 0.1) is 0 Å². The van der Waals surface area contributed by atoms with E-state index in [0.29, 0.717) is 11.3 Å². The molecule has 0 aromatic carbocycles. The largest absolute Gasteiger partial charge is 0.402 e. The maximum Gasteiger partial charge on any atom is 0.402 e. The lowest BCUT2D eigenvalue weighted by molar-refractivity contribution is -0.213. The van der Waals surface area contributed by atoms with Gasteiger partial charge in [-0.25, -0.2) is 0 Å². The summed E-state index contributed by atoms with van der Waals surface area (Å²) in [5.74, 6) is -0.285. The Morgan fingerprint density at radius 1 is 1.00 bits per heavy atom. The average molecular weight is 305 g/mol. The number of carbonyl (C=O) groups is 1. The molecule has 21 heavy (non-hydrogen) atoms. The van der Waals surface area contributed by atoms with E-state index >= 15 is 0 Å². The van der Waals surface area contributed by atoms with Gasteiger partial charge in [-0.05, 0) is 63.7 Å². The fourth-order valence-electron chi connectivity index (χ4n) is 3.79. The molecule has 1 amide bonds. The van der Waals surface area contributed by atoms with Crippen LogP contribution in [0.3, 0.4) is 0 Å². The Kier molecular flexibility index (Phi) is 3.87. The Morgan fingerprint density at radius 3 is 1.76 bits per heavy atom. The second kappa shape index (κ2) is 4.88. The summed E-state index contributed by atoms with van der Waals surface area (Å²) in [7, 11) is 0. The molecule has 3 aliphatic carbocycles. The van der Waals surface area contributed by atoms with Crippen LogP contribution in [-0.4, -0.2) is 17.6 Å². The van der Waals surface area contributed by atoms with Crippen LogP contribution in [0.2, 0.25) is 0 Å². The molecule has 1 N–H and O–H groups in total. The summed E-state index contributed by atoms with van der Waals surface area (Å²) >= 11 is 0. The molecule has 5 heteroatoms. The van der Waals surface area contributed by atoms with Crippen molar-refractivity contribution in [1.29, 1.82) is 0 Å². The van der Waals surface area contributed by atoms with E-state index in [1.54, 1.807) is 0 Å². The zero-order valence-electron chi connectivity index (χ0n) is 13.4. The zero-order chi connectivity index (χ0) is 16.1. The van der Waals surface area contributed by atoms with Gasteiger partial charge in [0.2, 0.25) is 5.91 Å². The summed E-state index contributed by atoms with van der Waals surface area (Å²) in [6.07, 6.45) is 0.950. The quantitative estimate of drug-likeness (QED) is 0.820. The van der Waals surface area contributed by atoms with E-state index in [2.05, 4.69) is 19.2 Å². The monoisotopic (exact) mass is 305 g/mol. The number of carbonyl (C=O) groups excluding carboxylic acids is 1. The van der Waals surface area contributed by atoms with Crippen LogP contribution >= 0.6 is 0 Å². The van der Waals surface area contributed by atoms with Crippen molar-refractivity contribution in [2.75, 3.05) is 0 Å². The van der Waals surface area contributed by atoms with Gasteiger partial charge < -0.3 is 5.32 Å². The van der Waals surface area contributed by atoms with Crippen molar-refractivity contribution < 1.29 is 18.0 Å². The van der Waals surface area contributed by atoms with Crippen molar-refractivity contribution in [2.45, 2.75) is 77.9 Å². The van der Waals surface area contributed by atoms with Crippen molar-refractivity contribution >= 4 is 5.91 Å². The van der Waals surface area contributed by atoms with Gasteiger partial charge in [0, 0.05) is 5.54 Å². The first-order valence-corrected chi connectivity index (χ1v) is 7.84. The van der Waals surface area contributed by atoms with Crippen molar-refractivity contribution in [2.24, 2.45) is 16.7 Å². The predicted molar refractivity (Wildman–Crippen MR) is 75.7 cm³/mol. The van der Waals surface area contributed by atoms with Crippen LogP contribution < -0.4 is 5.32 Å². The minimum Gasteiger partial charge on any atom is -0.350 e. The molecule has 3 fully saturated rings. The first-order chi connectivity index (χ1) is 9.44. The van der Waals surface area contributed by atoms with Crippen LogP contribution in [0, 0.1) is 16.7 Å². The molecule has 3 aliphatic rings. The number of amides is 1. The summed E-state index contributed by atoms with van der Waals surface area (Å²) in [6, 6.07) is 0. The number of halogens is 3. The minimum atomic E-state index is -4.52. The lowest BCUT2D eigenvalue weighted by Gasteiger charge is -2.56. The van der Waals surface area contributed by atoms with E-state index in [-0.39, 0.29) is 0 Å². The first kappa shape index (κ1) is 16.6. The molecule has 2 nitrogen and oxygen atoms in total. The van der Waals surface area contributed by atoms with Crippen molar-refractivity contribution in [1.82, 2.24) is 5.32 Å². The third-order valence-electron chi connectivity index (χ3n) is 6.18. The molecule has 2 bridgehead atoms. The average Bonchev–Trinajstić information content (AvgIpc) is 2.38. The van der Waals surface area contributed by atoms with Gasteiger partial charge in [-0.15, -0.1) is 0 Å². The molecule has 0 heterocycles. The maximum atomic E-state index is 13.0. The van der Waals surface area contributed by atoms with Crippen molar-refractivity contribution in [3.63, 3.8) is 0 Å². The summed E-state index contributed by atoms with van der Waals surface area (Å²) in [5.41, 5.74) is -2.39. The van der Waals surface area contributed by atoms with E-state index in [1.807, 2.05) is 0 Å². The SMILES string of the molecule is CC(C)C12CCC(NC(=O)C(C)(C)C(F)(F)F)(CC1)CC2. The fourth-order valence-corrected chi connectivity index (χ4v) is 3.79. The number of nitrogens with one attached hydrogen (secondary N) is 1. The summed E-state index contributed by atoms with van der Waals surface area (Å²) in [6.45, 7) is 6.37. The predicted octanol–water partition coefficient (Wildman–Crippen LogP) is 4.44. The summed E-state index contributed by atoms with van der Waals surface area (Å²) in [5, 5.41) is 2.76. The van der Waals surface area contributed by atoms with Gasteiger partial charge in [0.15, 0.2) is 0 Å². The van der Waals surface area contributed by atoms with E-state index in [4.69, 9.17) is 0 Å². The topological polar surface area (TPSA) is 29.1 Å². The molecule has 3 rings (SSSR count). The molecular formula is C16H26F3NO. The van der Waals surface area contributed by atoms with Crippen molar-refractivity contribution in [3.8, 4) is 0 Å². The fraction of sp³-hybridized carbons (Fsp3) is 0.938. The van der Waals surface area contributed by atoms with Crippen LogP contribution in [0.25, 0.3) is 0 Å². The molecule has 0 aromatic rings. The third-order valence-corrected chi connectivity index (χ3v) is 6.18. The molecule has 0 saturated heterocycles. The van der Waals surface area contributed by atoms with Gasteiger partial charge in [-0.3, -0.25) is 4.79 Å². The minimum absolute atomic E-state index is 0.339. The highest BCUT2D eigenvalue weighted by Crippen LogP contribution is 2.56. The van der Waals surface area contributed by atoms with Gasteiger partial charge in [-0.2, -0.15) is 13.2 Å². The Labute approximate surface area is 124 Å². The Bertz CT molecular complexity index is 401. The lowest BCUT2D eigenvalue weighted by Crippen LogP contribution is -2.61. The third kappa shape index (κ3) is 2.68. The number of fused-ring (bicyclic) bond motifs is 3. The second-order valence-electron chi connectivity index (χ2n) is 7.87. The van der Waals surface area contributed by atoms with Gasteiger partial charge in [0.25, 0.3) is 0 Å². The van der Waals surface area contributed by atoms with E-state index < -0.39 is 23.0 Å². The zero-order valence-corrected chi connectivity index (χ0v) is 13.4. The Morgan fingerprint density at radius 2 is 1.43 bits per heavy atom. The van der Waals surface area contributed by atoms with Gasteiger partial charge >= 0.3 is 6.18 Å². The van der Waals surface area contributed by atoms with Crippen molar-refractivity contribution in [3.05, 3.63) is 0 Å². The molecule has 0 atom stereocenters. The summed E-state index contributed by atoms with van der Waals surface area (Å²) in [4.78, 5) is 12.1. The van der Waals surface area contributed by atoms with Crippen LogP contribution in [0.5, 0.6) is 0 Å². The number of hydrogen-bond acceptors (Lipinski definition) is 1. The van der Waals surface area contributed by atoms with Crippen LogP contribution in [0.15, 0.2) is 0 Å². The Hall–Kier alpha value is -0.740. The molecule has 0 aromatic heterocycles. The van der Waals surface area contributed by atoms with E-state index in [9.17, 15) is 18.0 Å². The smallest absolute Gasteiger partial charge is 0.350 e. The molecule has 0 unspecified atom stereocenters. The van der Waals surface area contributed by atoms with Gasteiger partial charge in [0.1, 0.15) is 5.41 Å². The van der Waals surface area contributed by atoms with E-state index in [0.717, 1.165) is 52.4 Å². The number of rotatable bonds is 3. The molecular weight excluding hydrogens is 279 g/mol. The maximum absolute atomic E-state index is 13.0. The lowest BCUT2D eigenvalue weighted by atomic mass is 9.53. The normalized spacial score (nSPS) is 33.3. The highest BCUT2D eigenvalue weighted by Gasteiger charge is 2.56.